The normalized spacial score (nSPS) is 15.5. The molecule has 0 spiro atoms. The number of hydrogen-bond donors (Lipinski definition) is 1. The van der Waals surface area contributed by atoms with Gasteiger partial charge in [0.15, 0.2) is 0 Å². The Hall–Kier alpha value is -0.180. The summed E-state index contributed by atoms with van der Waals surface area (Å²) in [6.45, 7) is 5.12. The summed E-state index contributed by atoms with van der Waals surface area (Å²) in [5.74, 6) is -3.31. The van der Waals surface area contributed by atoms with E-state index in [0.717, 1.165) is 0 Å². The first-order valence-electron chi connectivity index (χ1n) is 4.03. The van der Waals surface area contributed by atoms with Gasteiger partial charge in [0.1, 0.15) is 0 Å². The Morgan fingerprint density at radius 2 is 1.82 bits per heavy atom. The molecule has 2 N–H and O–H groups in total. The molecule has 0 bridgehead atoms. The van der Waals surface area contributed by atoms with Crippen molar-refractivity contribution in [2.45, 2.75) is 33.1 Å². The van der Waals surface area contributed by atoms with E-state index in [1.807, 2.05) is 0 Å². The zero-order valence-electron chi connectivity index (χ0n) is 7.40. The van der Waals surface area contributed by atoms with Crippen LogP contribution in [0.1, 0.15) is 27.2 Å². The number of alkyl halides is 2. The Morgan fingerprint density at radius 1 is 1.36 bits per heavy atom. The second kappa shape index (κ2) is 4.00. The van der Waals surface area contributed by atoms with Crippen molar-refractivity contribution in [3.8, 4) is 0 Å². The molecule has 0 saturated heterocycles. The van der Waals surface area contributed by atoms with Crippen molar-refractivity contribution in [2.24, 2.45) is 17.6 Å². The SMILES string of the molecule is CCC(F)(F)C(CN)C(C)C. The lowest BCUT2D eigenvalue weighted by Crippen LogP contribution is -2.37. The maximum atomic E-state index is 13.0. The molecule has 0 aliphatic carbocycles. The van der Waals surface area contributed by atoms with Gasteiger partial charge in [-0.05, 0) is 5.92 Å². The van der Waals surface area contributed by atoms with E-state index in [-0.39, 0.29) is 18.9 Å². The molecule has 0 aromatic carbocycles. The first kappa shape index (κ1) is 10.8. The van der Waals surface area contributed by atoms with Gasteiger partial charge in [-0.1, -0.05) is 20.8 Å². The van der Waals surface area contributed by atoms with Crippen LogP contribution >= 0.6 is 0 Å². The van der Waals surface area contributed by atoms with Crippen LogP contribution in [0, 0.1) is 11.8 Å². The Morgan fingerprint density at radius 3 is 1.91 bits per heavy atom. The highest BCUT2D eigenvalue weighted by atomic mass is 19.3. The molecule has 0 radical (unpaired) electrons. The maximum Gasteiger partial charge on any atom is 0.252 e. The molecule has 11 heavy (non-hydrogen) atoms. The molecule has 0 rings (SSSR count). The van der Waals surface area contributed by atoms with E-state index in [9.17, 15) is 8.78 Å². The molecule has 0 aromatic heterocycles. The zero-order chi connectivity index (χ0) is 9.07. The first-order valence-corrected chi connectivity index (χ1v) is 4.03. The fraction of sp³-hybridized carbons (Fsp3) is 1.00. The van der Waals surface area contributed by atoms with E-state index in [4.69, 9.17) is 5.73 Å². The van der Waals surface area contributed by atoms with Crippen molar-refractivity contribution >= 4 is 0 Å². The van der Waals surface area contributed by atoms with Gasteiger partial charge in [-0.15, -0.1) is 0 Å². The number of hydrogen-bond acceptors (Lipinski definition) is 1. The number of rotatable bonds is 4. The predicted molar refractivity (Wildman–Crippen MR) is 42.6 cm³/mol. The molecular weight excluding hydrogens is 148 g/mol. The molecule has 1 atom stereocenters. The summed E-state index contributed by atoms with van der Waals surface area (Å²) >= 11 is 0. The Kier molecular flexibility index (Phi) is 3.93. The predicted octanol–water partition coefficient (Wildman–Crippen LogP) is 2.26. The monoisotopic (exact) mass is 165 g/mol. The minimum atomic E-state index is -2.59. The van der Waals surface area contributed by atoms with E-state index in [0.29, 0.717) is 0 Å². The minimum Gasteiger partial charge on any atom is -0.330 e. The lowest BCUT2D eigenvalue weighted by atomic mass is 9.88. The van der Waals surface area contributed by atoms with Gasteiger partial charge in [0, 0.05) is 18.9 Å². The van der Waals surface area contributed by atoms with Crippen LogP contribution in [0.2, 0.25) is 0 Å². The van der Waals surface area contributed by atoms with Gasteiger partial charge in [0.25, 0.3) is 5.92 Å². The van der Waals surface area contributed by atoms with Crippen molar-refractivity contribution in [3.05, 3.63) is 0 Å². The largest absolute Gasteiger partial charge is 0.330 e. The van der Waals surface area contributed by atoms with Crippen molar-refractivity contribution in [1.29, 1.82) is 0 Å². The van der Waals surface area contributed by atoms with Crippen molar-refractivity contribution in [3.63, 3.8) is 0 Å². The fourth-order valence-corrected chi connectivity index (χ4v) is 1.19. The summed E-state index contributed by atoms with van der Waals surface area (Å²) in [5, 5.41) is 0. The van der Waals surface area contributed by atoms with E-state index < -0.39 is 11.8 Å². The fourth-order valence-electron chi connectivity index (χ4n) is 1.19. The molecule has 1 nitrogen and oxygen atoms in total. The third-order valence-electron chi connectivity index (χ3n) is 2.07. The van der Waals surface area contributed by atoms with E-state index in [1.54, 1.807) is 13.8 Å². The van der Waals surface area contributed by atoms with Gasteiger partial charge in [-0.25, -0.2) is 8.78 Å². The number of nitrogens with two attached hydrogens (primary N) is 1. The van der Waals surface area contributed by atoms with Crippen LogP contribution in [-0.4, -0.2) is 12.5 Å². The summed E-state index contributed by atoms with van der Waals surface area (Å²) in [5.41, 5.74) is 5.26. The topological polar surface area (TPSA) is 26.0 Å². The molecule has 68 valence electrons. The van der Waals surface area contributed by atoms with Crippen LogP contribution < -0.4 is 5.73 Å². The molecule has 0 aromatic rings. The molecule has 0 aliphatic rings. The van der Waals surface area contributed by atoms with Gasteiger partial charge in [-0.3, -0.25) is 0 Å². The van der Waals surface area contributed by atoms with E-state index in [1.165, 1.54) is 6.92 Å². The van der Waals surface area contributed by atoms with E-state index >= 15 is 0 Å². The second-order valence-corrected chi connectivity index (χ2v) is 3.20. The third kappa shape index (κ3) is 2.73. The quantitative estimate of drug-likeness (QED) is 0.679. The average Bonchev–Trinajstić information content (AvgIpc) is 1.88. The standard InChI is InChI=1S/C8H17F2N/c1-4-8(9,10)7(5-11)6(2)3/h6-7H,4-5,11H2,1-3H3. The summed E-state index contributed by atoms with van der Waals surface area (Å²) in [4.78, 5) is 0. The van der Waals surface area contributed by atoms with Gasteiger partial charge in [0.2, 0.25) is 0 Å². The number of halogens is 2. The average molecular weight is 165 g/mol. The van der Waals surface area contributed by atoms with E-state index in [2.05, 4.69) is 0 Å². The lowest BCUT2D eigenvalue weighted by molar-refractivity contribution is -0.0739. The Balaban J connectivity index is 4.23. The van der Waals surface area contributed by atoms with Gasteiger partial charge in [0.05, 0.1) is 0 Å². The molecule has 1 unspecified atom stereocenters. The van der Waals surface area contributed by atoms with Crippen LogP contribution in [0.3, 0.4) is 0 Å². The highest BCUT2D eigenvalue weighted by Crippen LogP contribution is 2.32. The first-order chi connectivity index (χ1) is 4.95. The van der Waals surface area contributed by atoms with Crippen LogP contribution in [0.4, 0.5) is 8.78 Å². The lowest BCUT2D eigenvalue weighted by Gasteiger charge is -2.27. The van der Waals surface area contributed by atoms with Crippen LogP contribution in [0.15, 0.2) is 0 Å². The second-order valence-electron chi connectivity index (χ2n) is 3.20. The third-order valence-corrected chi connectivity index (χ3v) is 2.07. The summed E-state index contributed by atoms with van der Waals surface area (Å²) in [6.07, 6.45) is -0.118. The molecule has 0 heterocycles. The van der Waals surface area contributed by atoms with Gasteiger partial charge in [-0.2, -0.15) is 0 Å². The van der Waals surface area contributed by atoms with Crippen molar-refractivity contribution < 1.29 is 8.78 Å². The summed E-state index contributed by atoms with van der Waals surface area (Å²) < 4.78 is 26.0. The molecule has 3 heteroatoms. The Bertz CT molecular complexity index is 113. The smallest absolute Gasteiger partial charge is 0.252 e. The highest BCUT2D eigenvalue weighted by Gasteiger charge is 2.38. The van der Waals surface area contributed by atoms with Gasteiger partial charge >= 0.3 is 0 Å². The van der Waals surface area contributed by atoms with Gasteiger partial charge < -0.3 is 5.73 Å². The Labute approximate surface area is 67.0 Å². The molecule has 0 amide bonds. The van der Waals surface area contributed by atoms with Crippen LogP contribution in [-0.2, 0) is 0 Å². The maximum absolute atomic E-state index is 13.0. The summed E-state index contributed by atoms with van der Waals surface area (Å²) in [6, 6.07) is 0. The minimum absolute atomic E-state index is 0.0463. The van der Waals surface area contributed by atoms with Crippen molar-refractivity contribution in [2.75, 3.05) is 6.54 Å². The zero-order valence-corrected chi connectivity index (χ0v) is 7.40. The summed E-state index contributed by atoms with van der Waals surface area (Å²) in [7, 11) is 0. The molecule has 0 saturated carbocycles. The molecule has 0 fully saturated rings. The molecule has 0 aliphatic heterocycles. The molecular formula is C8H17F2N. The van der Waals surface area contributed by atoms with Crippen molar-refractivity contribution in [1.82, 2.24) is 0 Å². The van der Waals surface area contributed by atoms with Crippen LogP contribution in [0.25, 0.3) is 0 Å². The van der Waals surface area contributed by atoms with Crippen LogP contribution in [0.5, 0.6) is 0 Å². The highest BCUT2D eigenvalue weighted by molar-refractivity contribution is 4.78.